The third-order valence-electron chi connectivity index (χ3n) is 8.53. The van der Waals surface area contributed by atoms with Gasteiger partial charge < -0.3 is 24.8 Å². The van der Waals surface area contributed by atoms with Gasteiger partial charge in [-0.05, 0) is 37.8 Å². The maximum Gasteiger partial charge on any atom is 0.334 e. The van der Waals surface area contributed by atoms with Crippen molar-refractivity contribution in [3.8, 4) is 22.8 Å². The summed E-state index contributed by atoms with van der Waals surface area (Å²) in [7, 11) is 1.59. The van der Waals surface area contributed by atoms with Crippen molar-refractivity contribution in [2.24, 2.45) is 11.8 Å². The van der Waals surface area contributed by atoms with Crippen molar-refractivity contribution in [3.63, 3.8) is 0 Å². The number of carboxylic acids is 1. The van der Waals surface area contributed by atoms with E-state index in [4.69, 9.17) is 20.3 Å². The molecular weight excluding hydrogens is 550 g/mol. The fourth-order valence-corrected chi connectivity index (χ4v) is 6.01. The molecule has 3 amide bonds. The molecule has 2 fully saturated rings. The van der Waals surface area contributed by atoms with Crippen LogP contribution >= 0.6 is 0 Å². The molecular formula is C32H35N5O6. The zero-order chi connectivity index (χ0) is 30.1. The average molecular weight is 586 g/mol. The van der Waals surface area contributed by atoms with Gasteiger partial charge in [-0.3, -0.25) is 9.80 Å². The normalized spacial score (nSPS) is 25.9. The standard InChI is InChI=1S/C32H35N5O6/c1-42-22-12-13-24-26(15-22)34-25(20-9-5-4-6-10-20)17-28(24)43-23-16-27-29(38)35-32(30(39)40)18-21(32)11-7-2-3-8-14-37(33)31(41)36(27)19-23/h4-7,9-13,15,17,21,23,27H,2-3,8,14,16,18-19,33H2,1H3,(H,35,38)(H,39,40)/t21?,23-,27+,32-/m1/s1. The van der Waals surface area contributed by atoms with Crippen LogP contribution in [0.5, 0.6) is 11.5 Å². The minimum absolute atomic E-state index is 0.106. The number of urea groups is 1. The summed E-state index contributed by atoms with van der Waals surface area (Å²) in [5, 5.41) is 14.7. The van der Waals surface area contributed by atoms with Crippen LogP contribution in [0.3, 0.4) is 0 Å². The molecule has 3 aliphatic rings. The third kappa shape index (κ3) is 5.60. The second kappa shape index (κ2) is 11.6. The molecule has 1 aromatic heterocycles. The van der Waals surface area contributed by atoms with Crippen molar-refractivity contribution >= 4 is 28.8 Å². The van der Waals surface area contributed by atoms with Crippen molar-refractivity contribution in [2.75, 3.05) is 20.2 Å². The Morgan fingerprint density at radius 2 is 1.95 bits per heavy atom. The second-order valence-electron chi connectivity index (χ2n) is 11.4. The number of rotatable bonds is 5. The number of pyridine rings is 1. The highest BCUT2D eigenvalue weighted by Gasteiger charge is 2.61. The van der Waals surface area contributed by atoms with E-state index < -0.39 is 35.6 Å². The molecule has 1 saturated carbocycles. The first kappa shape index (κ1) is 28.5. The van der Waals surface area contributed by atoms with E-state index >= 15 is 0 Å². The second-order valence-corrected chi connectivity index (χ2v) is 11.4. The Bertz CT molecular complexity index is 1580. The summed E-state index contributed by atoms with van der Waals surface area (Å²) < 4.78 is 12.0. The monoisotopic (exact) mass is 585 g/mol. The van der Waals surface area contributed by atoms with Crippen molar-refractivity contribution in [2.45, 2.75) is 49.8 Å². The van der Waals surface area contributed by atoms with E-state index in [2.05, 4.69) is 5.32 Å². The van der Waals surface area contributed by atoms with Crippen molar-refractivity contribution < 1.29 is 29.0 Å². The molecule has 3 heterocycles. The topological polar surface area (TPSA) is 147 Å². The molecule has 2 aliphatic heterocycles. The fraction of sp³-hybridized carbons (Fsp3) is 0.375. The van der Waals surface area contributed by atoms with E-state index in [0.717, 1.165) is 28.8 Å². The first-order valence-corrected chi connectivity index (χ1v) is 14.5. The number of aromatic nitrogens is 1. The summed E-state index contributed by atoms with van der Waals surface area (Å²) in [6.07, 6.45) is 5.95. The van der Waals surface area contributed by atoms with E-state index in [0.29, 0.717) is 42.1 Å². The van der Waals surface area contributed by atoms with E-state index in [1.54, 1.807) is 7.11 Å². The van der Waals surface area contributed by atoms with Crippen molar-refractivity contribution in [1.29, 1.82) is 0 Å². The number of amides is 3. The number of ether oxygens (including phenoxy) is 2. The lowest BCUT2D eigenvalue weighted by Crippen LogP contribution is -2.56. The molecule has 1 saturated heterocycles. The Hall–Kier alpha value is -4.64. The molecule has 0 bridgehead atoms. The average Bonchev–Trinajstić information content (AvgIpc) is 3.55. The number of aliphatic carboxylic acids is 1. The predicted octanol–water partition coefficient (Wildman–Crippen LogP) is 3.73. The fourth-order valence-electron chi connectivity index (χ4n) is 6.01. The molecule has 6 rings (SSSR count). The number of nitrogens with zero attached hydrogens (tertiary/aromatic N) is 3. The van der Waals surface area contributed by atoms with Crippen LogP contribution in [0.2, 0.25) is 0 Å². The van der Waals surface area contributed by atoms with Gasteiger partial charge in [-0.1, -0.05) is 42.5 Å². The molecule has 0 spiro atoms. The number of nitrogens with two attached hydrogens (primary N) is 1. The largest absolute Gasteiger partial charge is 0.497 e. The van der Waals surface area contributed by atoms with Gasteiger partial charge >= 0.3 is 12.0 Å². The van der Waals surface area contributed by atoms with Crippen LogP contribution in [0.1, 0.15) is 32.1 Å². The zero-order valence-corrected chi connectivity index (χ0v) is 23.9. The Labute approximate surface area is 249 Å². The Kier molecular flexibility index (Phi) is 7.66. The van der Waals surface area contributed by atoms with E-state index in [1.807, 2.05) is 66.7 Å². The van der Waals surface area contributed by atoms with Gasteiger partial charge in [0.2, 0.25) is 5.91 Å². The van der Waals surface area contributed by atoms with Crippen molar-refractivity contribution in [1.82, 2.24) is 20.2 Å². The molecule has 0 radical (unpaired) electrons. The Morgan fingerprint density at radius 1 is 1.14 bits per heavy atom. The van der Waals surface area contributed by atoms with E-state index in [9.17, 15) is 19.5 Å². The highest BCUT2D eigenvalue weighted by molar-refractivity contribution is 5.95. The lowest BCUT2D eigenvalue weighted by molar-refractivity contribution is -0.144. The van der Waals surface area contributed by atoms with Gasteiger partial charge in [0.1, 0.15) is 29.2 Å². The third-order valence-corrected chi connectivity index (χ3v) is 8.53. The molecule has 4 N–H and O–H groups in total. The first-order valence-electron chi connectivity index (χ1n) is 14.5. The smallest absolute Gasteiger partial charge is 0.334 e. The van der Waals surface area contributed by atoms with Crippen LogP contribution in [-0.4, -0.2) is 75.8 Å². The molecule has 1 aliphatic carbocycles. The maximum absolute atomic E-state index is 13.7. The number of hydrogen-bond donors (Lipinski definition) is 3. The Morgan fingerprint density at radius 3 is 2.72 bits per heavy atom. The maximum atomic E-state index is 13.7. The van der Waals surface area contributed by atoms with Crippen molar-refractivity contribution in [3.05, 3.63) is 66.7 Å². The van der Waals surface area contributed by atoms with Crippen LogP contribution in [-0.2, 0) is 9.59 Å². The minimum Gasteiger partial charge on any atom is -0.497 e. The van der Waals surface area contributed by atoms with Crippen LogP contribution in [0.4, 0.5) is 4.79 Å². The first-order chi connectivity index (χ1) is 20.8. The number of hydrogen-bond acceptors (Lipinski definition) is 7. The van der Waals surface area contributed by atoms with Gasteiger partial charge in [0.25, 0.3) is 0 Å². The summed E-state index contributed by atoms with van der Waals surface area (Å²) in [4.78, 5) is 45.6. The highest BCUT2D eigenvalue weighted by Crippen LogP contribution is 2.45. The van der Waals surface area contributed by atoms with Gasteiger partial charge in [-0.2, -0.15) is 0 Å². The molecule has 43 heavy (non-hydrogen) atoms. The molecule has 1 unspecified atom stereocenters. The summed E-state index contributed by atoms with van der Waals surface area (Å²) in [5.74, 6) is 5.45. The van der Waals surface area contributed by atoms with Gasteiger partial charge in [0.15, 0.2) is 0 Å². The molecule has 11 nitrogen and oxygen atoms in total. The zero-order valence-electron chi connectivity index (χ0n) is 23.9. The molecule has 224 valence electrons. The van der Waals surface area contributed by atoms with Crippen LogP contribution in [0, 0.1) is 5.92 Å². The molecule has 2 aromatic carbocycles. The number of carbonyl (C=O) groups excluding carboxylic acids is 2. The number of nitrogens with one attached hydrogen (secondary N) is 1. The minimum atomic E-state index is -1.38. The van der Waals surface area contributed by atoms with E-state index in [-0.39, 0.29) is 18.9 Å². The van der Waals surface area contributed by atoms with Gasteiger partial charge in [0, 0.05) is 42.0 Å². The molecule has 4 atom stereocenters. The summed E-state index contributed by atoms with van der Waals surface area (Å²) in [6.45, 7) is 0.442. The summed E-state index contributed by atoms with van der Waals surface area (Å²) in [5.41, 5.74) is 0.900. The number of carboxylic acid groups (broad SMARTS) is 1. The predicted molar refractivity (Wildman–Crippen MR) is 159 cm³/mol. The molecule has 11 heteroatoms. The summed E-state index contributed by atoms with van der Waals surface area (Å²) in [6, 6.07) is 15.6. The van der Waals surface area contributed by atoms with Crippen LogP contribution < -0.4 is 20.6 Å². The van der Waals surface area contributed by atoms with E-state index in [1.165, 1.54) is 4.90 Å². The molecule has 3 aromatic rings. The van der Waals surface area contributed by atoms with Crippen LogP contribution in [0.15, 0.2) is 66.7 Å². The summed E-state index contributed by atoms with van der Waals surface area (Å²) >= 11 is 0. The number of hydrazine groups is 1. The number of methoxy groups -OCH3 is 1. The quantitative estimate of drug-likeness (QED) is 0.233. The van der Waals surface area contributed by atoms with Gasteiger partial charge in [-0.15, -0.1) is 0 Å². The Balaban J connectivity index is 1.32. The number of carbonyl (C=O) groups is 3. The lowest BCUT2D eigenvalue weighted by atomic mass is 10.1. The lowest BCUT2D eigenvalue weighted by Gasteiger charge is -2.29. The van der Waals surface area contributed by atoms with Crippen LogP contribution in [0.25, 0.3) is 22.2 Å². The SMILES string of the molecule is COc1ccc2c(O[C@@H]3C[C@H]4C(=O)N[C@]5(C(=O)O)CC5C=CCCCCN(N)C(=O)N4C3)cc(-c3ccccc3)nc2c1. The van der Waals surface area contributed by atoms with Gasteiger partial charge in [0.05, 0.1) is 24.9 Å². The number of allylic oxidation sites excluding steroid dienone is 1. The highest BCUT2D eigenvalue weighted by atomic mass is 16.5. The number of fused-ring (bicyclic) bond motifs is 3. The number of benzene rings is 2. The van der Waals surface area contributed by atoms with Gasteiger partial charge in [-0.25, -0.2) is 20.4 Å².